The summed E-state index contributed by atoms with van der Waals surface area (Å²) in [6.45, 7) is 6.76. The minimum absolute atomic E-state index is 0.0638. The quantitative estimate of drug-likeness (QED) is 0.685. The minimum Gasteiger partial charge on any atom is -0.368 e. The standard InChI is InChI=1S/C13H18N6O2/c1-5(2)8(20)13(9(21)6(3)4)7-10(17-11(14)16-7)18-12(15)19-13/h5-6H,1-4H3,(H4,14,15,17,18,19). The molecule has 2 heterocycles. The van der Waals surface area contributed by atoms with E-state index in [1.165, 1.54) is 0 Å². The number of guanidine groups is 2. The number of hydrogen-bond donors (Lipinski definition) is 2. The van der Waals surface area contributed by atoms with Crippen LogP contribution in [0.15, 0.2) is 20.0 Å². The van der Waals surface area contributed by atoms with Crippen LogP contribution < -0.4 is 11.5 Å². The van der Waals surface area contributed by atoms with Crippen molar-refractivity contribution in [2.45, 2.75) is 33.2 Å². The molecule has 0 amide bonds. The van der Waals surface area contributed by atoms with E-state index in [2.05, 4.69) is 20.0 Å². The molecular weight excluding hydrogens is 272 g/mol. The highest BCUT2D eigenvalue weighted by Crippen LogP contribution is 2.30. The molecular formula is C13H18N6O2. The van der Waals surface area contributed by atoms with Crippen molar-refractivity contribution in [2.24, 2.45) is 43.3 Å². The van der Waals surface area contributed by atoms with Crippen LogP contribution >= 0.6 is 0 Å². The lowest BCUT2D eigenvalue weighted by Crippen LogP contribution is -2.59. The van der Waals surface area contributed by atoms with Crippen molar-refractivity contribution < 1.29 is 9.59 Å². The predicted molar refractivity (Wildman–Crippen MR) is 80.5 cm³/mol. The van der Waals surface area contributed by atoms with Gasteiger partial charge < -0.3 is 11.5 Å². The summed E-state index contributed by atoms with van der Waals surface area (Å²) < 4.78 is 0. The van der Waals surface area contributed by atoms with Gasteiger partial charge in [0, 0.05) is 11.8 Å². The van der Waals surface area contributed by atoms with Gasteiger partial charge in [0.2, 0.25) is 17.5 Å². The molecule has 4 N–H and O–H groups in total. The molecule has 8 nitrogen and oxygen atoms in total. The molecule has 2 rings (SSSR count). The van der Waals surface area contributed by atoms with Crippen LogP contribution in [-0.2, 0) is 9.59 Å². The van der Waals surface area contributed by atoms with Crippen molar-refractivity contribution in [3.8, 4) is 0 Å². The Balaban J connectivity index is 2.72. The molecule has 0 unspecified atom stereocenters. The lowest BCUT2D eigenvalue weighted by Gasteiger charge is -2.31. The van der Waals surface area contributed by atoms with Crippen molar-refractivity contribution in [3.63, 3.8) is 0 Å². The molecule has 2 aliphatic rings. The number of carbonyl (C=O) groups excluding carboxylic acids is 2. The second-order valence-electron chi connectivity index (χ2n) is 5.58. The first-order chi connectivity index (χ1) is 9.70. The summed E-state index contributed by atoms with van der Waals surface area (Å²) in [6.07, 6.45) is 0. The summed E-state index contributed by atoms with van der Waals surface area (Å²) in [5, 5.41) is 0. The monoisotopic (exact) mass is 290 g/mol. The molecule has 0 saturated heterocycles. The highest BCUT2D eigenvalue weighted by atomic mass is 16.2. The van der Waals surface area contributed by atoms with Crippen molar-refractivity contribution in [1.82, 2.24) is 0 Å². The molecule has 0 aromatic carbocycles. The van der Waals surface area contributed by atoms with Gasteiger partial charge in [-0.15, -0.1) is 0 Å². The molecule has 0 aromatic heterocycles. The fourth-order valence-corrected chi connectivity index (χ4v) is 2.33. The summed E-state index contributed by atoms with van der Waals surface area (Å²) in [6, 6.07) is 0. The fourth-order valence-electron chi connectivity index (χ4n) is 2.33. The molecule has 0 atom stereocenters. The van der Waals surface area contributed by atoms with Gasteiger partial charge in [-0.05, 0) is 0 Å². The molecule has 0 bridgehead atoms. The van der Waals surface area contributed by atoms with Crippen LogP contribution in [0.25, 0.3) is 0 Å². The molecule has 0 aliphatic carbocycles. The molecule has 8 heteroatoms. The van der Waals surface area contributed by atoms with Gasteiger partial charge in [0.15, 0.2) is 17.4 Å². The lowest BCUT2D eigenvalue weighted by molar-refractivity contribution is -0.134. The number of amidine groups is 1. The average molecular weight is 290 g/mol. The number of aliphatic imine (C=N–C) groups is 4. The number of nitrogens with two attached hydrogens (primary N) is 2. The van der Waals surface area contributed by atoms with Gasteiger partial charge in [0.1, 0.15) is 5.71 Å². The van der Waals surface area contributed by atoms with E-state index in [1.807, 2.05) is 0 Å². The van der Waals surface area contributed by atoms with Crippen LogP contribution in [0.2, 0.25) is 0 Å². The summed E-state index contributed by atoms with van der Waals surface area (Å²) in [4.78, 5) is 41.4. The Kier molecular flexibility index (Phi) is 3.48. The normalized spacial score (nSPS) is 19.7. The zero-order chi connectivity index (χ0) is 15.9. The average Bonchev–Trinajstić information content (AvgIpc) is 2.76. The number of fused-ring (bicyclic) bond motifs is 1. The second-order valence-corrected chi connectivity index (χ2v) is 5.58. The molecule has 0 radical (unpaired) electrons. The maximum Gasteiger partial charge on any atom is 0.226 e. The van der Waals surface area contributed by atoms with Crippen LogP contribution in [0.1, 0.15) is 27.7 Å². The Morgan fingerprint density at radius 1 is 0.905 bits per heavy atom. The Morgan fingerprint density at radius 2 is 1.43 bits per heavy atom. The van der Waals surface area contributed by atoms with E-state index >= 15 is 0 Å². The largest absolute Gasteiger partial charge is 0.368 e. The van der Waals surface area contributed by atoms with Crippen molar-refractivity contribution >= 4 is 35.0 Å². The number of Topliss-reactive ketones (excluding diaryl/α,β-unsaturated/α-hetero) is 2. The summed E-state index contributed by atoms with van der Waals surface area (Å²) in [5.41, 5.74) is 9.54. The second kappa shape index (κ2) is 4.87. The maximum atomic E-state index is 12.7. The molecule has 0 spiro atoms. The number of carbonyl (C=O) groups is 2. The predicted octanol–water partition coefficient (Wildman–Crippen LogP) is -0.328. The Morgan fingerprint density at radius 3 is 1.90 bits per heavy atom. The number of rotatable bonds is 4. The van der Waals surface area contributed by atoms with Gasteiger partial charge in [-0.25, -0.2) is 9.98 Å². The fraction of sp³-hybridized carbons (Fsp3) is 0.538. The van der Waals surface area contributed by atoms with E-state index in [1.54, 1.807) is 27.7 Å². The molecule has 0 aromatic rings. The minimum atomic E-state index is -1.80. The van der Waals surface area contributed by atoms with E-state index in [-0.39, 0.29) is 35.0 Å². The molecule has 2 aliphatic heterocycles. The van der Waals surface area contributed by atoms with E-state index < -0.39 is 17.4 Å². The van der Waals surface area contributed by atoms with Gasteiger partial charge in [-0.1, -0.05) is 27.7 Å². The van der Waals surface area contributed by atoms with Gasteiger partial charge in [-0.3, -0.25) is 9.59 Å². The Bertz CT molecular complexity index is 619. The Labute approximate surface area is 122 Å². The van der Waals surface area contributed by atoms with Gasteiger partial charge in [-0.2, -0.15) is 9.98 Å². The lowest BCUT2D eigenvalue weighted by atomic mass is 9.75. The van der Waals surface area contributed by atoms with Crippen molar-refractivity contribution in [2.75, 3.05) is 0 Å². The zero-order valence-electron chi connectivity index (χ0n) is 12.4. The van der Waals surface area contributed by atoms with E-state index in [0.717, 1.165) is 0 Å². The van der Waals surface area contributed by atoms with Gasteiger partial charge >= 0.3 is 0 Å². The zero-order valence-corrected chi connectivity index (χ0v) is 12.4. The van der Waals surface area contributed by atoms with Crippen LogP contribution in [-0.4, -0.2) is 40.6 Å². The van der Waals surface area contributed by atoms with Crippen LogP contribution in [0.5, 0.6) is 0 Å². The maximum absolute atomic E-state index is 12.7. The molecule has 0 saturated carbocycles. The third-order valence-electron chi connectivity index (χ3n) is 3.27. The number of ketones is 2. The van der Waals surface area contributed by atoms with E-state index in [4.69, 9.17) is 11.5 Å². The van der Waals surface area contributed by atoms with Crippen molar-refractivity contribution in [3.05, 3.63) is 0 Å². The third kappa shape index (κ3) is 2.16. The molecule has 112 valence electrons. The van der Waals surface area contributed by atoms with Gasteiger partial charge in [0.25, 0.3) is 0 Å². The van der Waals surface area contributed by atoms with E-state index in [0.29, 0.717) is 0 Å². The highest BCUT2D eigenvalue weighted by molar-refractivity contribution is 6.60. The first kappa shape index (κ1) is 15.0. The summed E-state index contributed by atoms with van der Waals surface area (Å²) >= 11 is 0. The SMILES string of the molecule is CC(C)C(=O)C1(C(=O)C(C)C)N=C(N)N=C2N=C(N)N=C21. The molecule has 0 fully saturated rings. The topological polar surface area (TPSA) is 136 Å². The van der Waals surface area contributed by atoms with Crippen LogP contribution in [0.3, 0.4) is 0 Å². The number of nitrogens with zero attached hydrogens (tertiary/aromatic N) is 4. The number of hydrogen-bond acceptors (Lipinski definition) is 8. The first-order valence-corrected chi connectivity index (χ1v) is 6.66. The van der Waals surface area contributed by atoms with Crippen LogP contribution in [0, 0.1) is 11.8 Å². The van der Waals surface area contributed by atoms with E-state index in [9.17, 15) is 9.59 Å². The van der Waals surface area contributed by atoms with Crippen LogP contribution in [0.4, 0.5) is 0 Å². The first-order valence-electron chi connectivity index (χ1n) is 6.66. The van der Waals surface area contributed by atoms with Gasteiger partial charge in [0.05, 0.1) is 0 Å². The third-order valence-corrected chi connectivity index (χ3v) is 3.27. The summed E-state index contributed by atoms with van der Waals surface area (Å²) in [7, 11) is 0. The van der Waals surface area contributed by atoms with Crippen molar-refractivity contribution in [1.29, 1.82) is 0 Å². The highest BCUT2D eigenvalue weighted by Gasteiger charge is 2.56. The Hall–Kier alpha value is -2.38. The summed E-state index contributed by atoms with van der Waals surface area (Å²) in [5.74, 6) is -1.80. The molecule has 21 heavy (non-hydrogen) atoms. The smallest absolute Gasteiger partial charge is 0.226 e.